The first kappa shape index (κ1) is 108. The van der Waals surface area contributed by atoms with E-state index in [4.69, 9.17) is 72.8 Å². The van der Waals surface area contributed by atoms with Gasteiger partial charge in [0.25, 0.3) is 0 Å². The number of phenolic OH excluding ortho intramolecular Hbond substituents is 2. The third-order valence-electron chi connectivity index (χ3n) is 22.0. The molecule has 2 N–H and O–H groups in total. The predicted molar refractivity (Wildman–Crippen MR) is 510 cm³/mol. The zero-order chi connectivity index (χ0) is 98.5. The summed E-state index contributed by atoms with van der Waals surface area (Å²) in [6, 6.07) is 13.8. The predicted octanol–water partition coefficient (Wildman–Crippen LogP) is 15.5. The van der Waals surface area contributed by atoms with Crippen molar-refractivity contribution >= 4 is 134 Å². The summed E-state index contributed by atoms with van der Waals surface area (Å²) >= 11 is 32.5. The van der Waals surface area contributed by atoms with Crippen molar-refractivity contribution in [3.63, 3.8) is 0 Å². The van der Waals surface area contributed by atoms with Crippen LogP contribution in [0.25, 0.3) is 61.4 Å². The Labute approximate surface area is 841 Å². The van der Waals surface area contributed by atoms with Gasteiger partial charge in [0, 0.05) is 75.0 Å². The Morgan fingerprint density at radius 3 is 1.03 bits per heavy atom. The summed E-state index contributed by atoms with van der Waals surface area (Å²) in [5.74, 6) is -1.02. The van der Waals surface area contributed by atoms with Crippen LogP contribution in [-0.2, 0) is 14.3 Å². The van der Waals surface area contributed by atoms with Gasteiger partial charge in [-0.2, -0.15) is 21.0 Å². The number of aromatic nitrogens is 15. The maximum atomic E-state index is 15.1. The van der Waals surface area contributed by atoms with Crippen LogP contribution in [0.3, 0.4) is 0 Å². The van der Waals surface area contributed by atoms with E-state index in [1.54, 1.807) is 32.9 Å². The fourth-order valence-electron chi connectivity index (χ4n) is 16.6. The van der Waals surface area contributed by atoms with Gasteiger partial charge >= 0.3 is 82.1 Å². The molecule has 0 saturated carbocycles. The number of benzene rings is 2. The minimum absolute atomic E-state index is 0. The average Bonchev–Trinajstić information content (AvgIpc) is 0.741. The number of phenols is 2. The minimum Gasteiger partial charge on any atom is -0.534 e. The quantitative estimate of drug-likeness (QED) is 0.0316. The van der Waals surface area contributed by atoms with E-state index < -0.39 is 41.8 Å². The molecule has 134 heavy (non-hydrogen) atoms. The Morgan fingerprint density at radius 1 is 0.470 bits per heavy atom. The molecule has 3 saturated heterocycles. The zero-order valence-corrected chi connectivity index (χ0v) is 85.6. The number of carbonyl (C=O) groups is 3. The number of hydrogen-bond donors (Lipinski definition) is 2. The number of carbonyl (C=O) groups excluding carboxylic acids is 3. The van der Waals surface area contributed by atoms with Crippen molar-refractivity contribution in [2.24, 2.45) is 0 Å². The van der Waals surface area contributed by atoms with E-state index in [-0.39, 0.29) is 195 Å². The largest absolute Gasteiger partial charge is 1.00 e. The number of nitrogens with zero attached hydrogens (tertiary/aromatic N) is 21. The first-order valence-electron chi connectivity index (χ1n) is 43.1. The molecule has 0 bridgehead atoms. The van der Waals surface area contributed by atoms with Gasteiger partial charge < -0.3 is 39.4 Å². The molecule has 3 fully saturated rings. The maximum Gasteiger partial charge on any atom is 1.00 e. The van der Waals surface area contributed by atoms with Gasteiger partial charge in [0.1, 0.15) is 63.9 Å². The van der Waals surface area contributed by atoms with Crippen molar-refractivity contribution in [2.75, 3.05) is 54.0 Å². The fourth-order valence-corrected chi connectivity index (χ4v) is 17.5. The van der Waals surface area contributed by atoms with E-state index >= 15 is 4.39 Å². The molecule has 12 heterocycles. The fraction of sp³-hybridized carbons (Fsp3) is 0.435. The van der Waals surface area contributed by atoms with Crippen molar-refractivity contribution in [2.45, 2.75) is 223 Å². The second kappa shape index (κ2) is 45.3. The van der Waals surface area contributed by atoms with Crippen molar-refractivity contribution in [1.29, 1.82) is 0 Å². The molecule has 6 atom stereocenters. The molecule has 3 amide bonds. The number of hydrogen-bond acceptors (Lipinski definition) is 24. The van der Waals surface area contributed by atoms with Gasteiger partial charge in [0.2, 0.25) is 11.8 Å². The summed E-state index contributed by atoms with van der Waals surface area (Å²) in [6.07, 6.45) is 6.76. The van der Waals surface area contributed by atoms with Gasteiger partial charge in [0.15, 0.2) is 16.9 Å². The van der Waals surface area contributed by atoms with Crippen LogP contribution in [0, 0.1) is 17.7 Å². The van der Waals surface area contributed by atoms with Crippen LogP contribution < -0.4 is 83.2 Å². The van der Waals surface area contributed by atoms with Crippen molar-refractivity contribution in [3.05, 3.63) is 208 Å². The Hall–Kier alpha value is -9.96. The Morgan fingerprint density at radius 2 is 0.761 bits per heavy atom. The second-order valence-electron chi connectivity index (χ2n) is 35.4. The molecule has 30 nitrogen and oxygen atoms in total. The zero-order valence-electron chi connectivity index (χ0n) is 78.7. The smallest absolute Gasteiger partial charge is 0.534 e. The first-order chi connectivity index (χ1) is 62.4. The molecule has 11 aromatic rings. The number of rotatable bonds is 15. The monoisotopic (exact) mass is 1970 g/mol. The van der Waals surface area contributed by atoms with E-state index in [0.29, 0.717) is 135 Å². The minimum atomic E-state index is -3.67. The number of anilines is 3. The summed E-state index contributed by atoms with van der Waals surface area (Å²) in [5.41, 5.74) is 3.95. The molecule has 3 aliphatic heterocycles. The third kappa shape index (κ3) is 24.0. The van der Waals surface area contributed by atoms with Gasteiger partial charge in [-0.3, -0.25) is 27.4 Å². The van der Waals surface area contributed by atoms with Gasteiger partial charge in [0.05, 0.1) is 106 Å². The van der Waals surface area contributed by atoms with Gasteiger partial charge in [-0.05, 0) is 140 Å². The van der Waals surface area contributed by atoms with Crippen LogP contribution >= 0.6 is 58.0 Å². The normalized spacial score (nSPS) is 16.8. The molecule has 0 aliphatic carbocycles. The van der Waals surface area contributed by atoms with E-state index in [1.807, 2.05) is 160 Å². The van der Waals surface area contributed by atoms with E-state index in [2.05, 4.69) is 74.0 Å². The third-order valence-corrected chi connectivity index (χ3v) is 23.6. The van der Waals surface area contributed by atoms with Crippen LogP contribution in [0.5, 0.6) is 11.5 Å². The number of piperazine rings is 3. The van der Waals surface area contributed by atoms with Crippen molar-refractivity contribution in [3.8, 4) is 39.8 Å². The molecule has 9 aromatic heterocycles. The number of pyridine rings is 3. The molecule has 0 spiro atoms. The van der Waals surface area contributed by atoms with Crippen LogP contribution in [0.15, 0.2) is 113 Å². The molecule has 2 aromatic carbocycles. The Balaban J connectivity index is 0.000000212. The SMILES string of the molecule is C=CC(=O)N1[C@H](C)CN(c2nc(=O)n(-c3c(C(C)C)ncnc3C(C)C)c3nc(-c4c(O)cccc4F)c(Cl)cc23)C[C@@H]1C.C=CC(=O)N1[C@H](C)CN(c2nc(=O)n(-c3c(C(C)C)ncnc3C(C)C)c3nc(Cl)c(Cl)cc23)C[C@@H]1C.CC(C)c1ncnc(C(C)C)c1-n1c(=O)nc(N2C[C@@H](C)N(C(=O)OC(C)(C)C)[C@@H](C)C2)c2cc(Cl)c(Cl)nc21.FB(F)F.Oc1[c-]c(F)ccc1.[K+]. The van der Waals surface area contributed by atoms with Gasteiger partial charge in [-0.15, -0.1) is 18.2 Å². The summed E-state index contributed by atoms with van der Waals surface area (Å²) in [4.78, 5) is 146. The summed E-state index contributed by atoms with van der Waals surface area (Å²) in [6.45, 7) is 50.9. The molecule has 14 rings (SSSR count). The summed E-state index contributed by atoms with van der Waals surface area (Å²) < 4.78 is 66.0. The molecular weight excluding hydrogens is 1870 g/mol. The van der Waals surface area contributed by atoms with Crippen LogP contribution in [0.1, 0.15) is 215 Å². The van der Waals surface area contributed by atoms with E-state index in [1.165, 1.54) is 81.2 Å². The molecule has 0 radical (unpaired) electrons. The van der Waals surface area contributed by atoms with E-state index in [9.17, 15) is 51.2 Å². The van der Waals surface area contributed by atoms with Gasteiger partial charge in [-0.1, -0.05) is 160 Å². The molecule has 0 unspecified atom stereocenters. The maximum absolute atomic E-state index is 15.1. The number of fused-ring (bicyclic) bond motifs is 3. The Kier molecular flexibility index (Phi) is 36.4. The molecular formula is C92H107BCl5F5KN21O9. The number of aromatic hydroxyl groups is 2. The first-order valence-corrected chi connectivity index (χ1v) is 45.0. The topological polar surface area (TPSA) is 341 Å². The van der Waals surface area contributed by atoms with Crippen molar-refractivity contribution < 1.29 is 102 Å². The van der Waals surface area contributed by atoms with Gasteiger partial charge in [-0.25, -0.2) is 86.5 Å². The van der Waals surface area contributed by atoms with E-state index in [0.717, 1.165) is 0 Å². The second-order valence-corrected chi connectivity index (χ2v) is 37.3. The van der Waals surface area contributed by atoms with Crippen LogP contribution in [0.2, 0.25) is 25.4 Å². The molecule has 3 aliphatic rings. The average molecular weight is 1970 g/mol. The standard InChI is InChI=1S/C32H35ClFN7O3.C28H37Cl2N7O3.C26H31Cl2N7O2.C6H4FO.BF3.K/c1-8-24(43)40-18(6)13-39(14-19(40)7)30-20-12-21(33)28(25-22(34)10-9-11-23(25)42)37-31(20)41(32(44)38-30)29-26(16(2)3)35-15-36-27(29)17(4)5;1-14(2)20-22(21(15(3)4)32-13-31-20)37-25-18(10-19(29)23(30)33-25)24(34-26(37)38)35-11-16(5)36(17(6)12-35)27(39)40-28(7,8)9;1-8-19(36)34-15(6)10-33(11-16(34)7)24-17-9-18(27)23(28)31-25(17)35(26(37)32-24)22-20(13(2)3)29-12-30-21(22)14(4)5;7-5-2-1-3-6(8)4-5;2-1(3)4;/h8-12,15-19,42H,1,13-14H2,2-7H3;10,13-17H,11-12H2,1-9H3;8-9,12-16H,1,10-11H2,2-7H3;1-3,8H;;/q;;;-1;;+1/t18-,19+;16-,17+;15-,16+;;;. The van der Waals surface area contributed by atoms with Crippen molar-refractivity contribution in [1.82, 2.24) is 88.2 Å². The Bertz CT molecular complexity index is 6260. The molecule has 708 valence electrons. The molecule has 42 heteroatoms. The number of amides is 3. The summed E-state index contributed by atoms with van der Waals surface area (Å²) in [5, 5.41) is 21.4. The number of halogens is 10. The summed E-state index contributed by atoms with van der Waals surface area (Å²) in [7, 11) is -3.67. The van der Waals surface area contributed by atoms with Crippen LogP contribution in [-0.4, -0.2) is 205 Å². The van der Waals surface area contributed by atoms with Crippen LogP contribution in [0.4, 0.5) is 44.0 Å². The number of ether oxygens (including phenoxy) is 1.